The summed E-state index contributed by atoms with van der Waals surface area (Å²) in [7, 11) is -3.46. The van der Waals surface area contributed by atoms with Gasteiger partial charge in [-0.15, -0.1) is 0 Å². The highest BCUT2D eigenvalue weighted by atomic mass is 32.2. The first-order valence-electron chi connectivity index (χ1n) is 8.60. The first-order chi connectivity index (χ1) is 12.7. The molecule has 27 heavy (non-hydrogen) atoms. The molecule has 3 rings (SSSR count). The number of halogens is 2. The Labute approximate surface area is 158 Å². The van der Waals surface area contributed by atoms with Gasteiger partial charge in [0.1, 0.15) is 11.6 Å². The van der Waals surface area contributed by atoms with E-state index in [0.717, 1.165) is 25.2 Å². The molecule has 1 aliphatic carbocycles. The molecule has 0 saturated heterocycles. The summed E-state index contributed by atoms with van der Waals surface area (Å²) in [5, 5.41) is 18.0. The molecule has 0 atom stereocenters. The number of nitriles is 1. The molecule has 4 nitrogen and oxygen atoms in total. The second-order valence-electron chi connectivity index (χ2n) is 6.51. The maximum Gasteiger partial charge on any atom is 0.175 e. The lowest BCUT2D eigenvalue weighted by Gasteiger charge is -2.14. The van der Waals surface area contributed by atoms with E-state index in [-0.39, 0.29) is 27.7 Å². The minimum atomic E-state index is -3.46. The minimum Gasteiger partial charge on any atom is -0.393 e. The number of benzene rings is 2. The van der Waals surface area contributed by atoms with Crippen LogP contribution in [0.15, 0.2) is 41.3 Å². The van der Waals surface area contributed by atoms with E-state index in [4.69, 9.17) is 10.4 Å². The molecule has 1 saturated carbocycles. The molecule has 144 valence electrons. The zero-order valence-electron chi connectivity index (χ0n) is 15.0. The van der Waals surface area contributed by atoms with Crippen molar-refractivity contribution in [1.82, 2.24) is 0 Å². The molecule has 0 heterocycles. The number of sulfone groups is 1. The van der Waals surface area contributed by atoms with Crippen LogP contribution in [0.3, 0.4) is 0 Å². The standard InChI is InChI=1S/C14H9F2NO2S.C6H12O/c1-20(18,19)11-3-5-12(9(6-11)8-17)13-4-2-10(15)7-14(13)16;7-6-4-2-1-3-5-6/h2-7H,1H3;6-7H,1-5H2. The van der Waals surface area contributed by atoms with Gasteiger partial charge in [-0.1, -0.05) is 25.3 Å². The first-order valence-corrected chi connectivity index (χ1v) is 10.5. The van der Waals surface area contributed by atoms with E-state index in [1.54, 1.807) is 0 Å². The van der Waals surface area contributed by atoms with Gasteiger partial charge in [-0.2, -0.15) is 5.26 Å². The van der Waals surface area contributed by atoms with E-state index in [0.29, 0.717) is 6.07 Å². The van der Waals surface area contributed by atoms with E-state index in [2.05, 4.69) is 0 Å². The Kier molecular flexibility index (Phi) is 7.05. The fourth-order valence-electron chi connectivity index (χ4n) is 2.87. The van der Waals surface area contributed by atoms with E-state index in [9.17, 15) is 17.2 Å². The van der Waals surface area contributed by atoms with Crippen molar-refractivity contribution in [2.75, 3.05) is 6.26 Å². The molecule has 0 spiro atoms. The summed E-state index contributed by atoms with van der Waals surface area (Å²) in [6, 6.07) is 8.61. The molecule has 1 fully saturated rings. The topological polar surface area (TPSA) is 78.2 Å². The Morgan fingerprint density at radius 1 is 1.04 bits per heavy atom. The Hall–Kier alpha value is -2.30. The van der Waals surface area contributed by atoms with Crippen molar-refractivity contribution in [2.45, 2.75) is 43.1 Å². The highest BCUT2D eigenvalue weighted by molar-refractivity contribution is 7.90. The summed E-state index contributed by atoms with van der Waals surface area (Å²) in [5.41, 5.74) is 0.277. The summed E-state index contributed by atoms with van der Waals surface area (Å²) >= 11 is 0. The molecule has 0 aliphatic heterocycles. The largest absolute Gasteiger partial charge is 0.393 e. The van der Waals surface area contributed by atoms with E-state index in [1.807, 2.05) is 6.07 Å². The molecular formula is C20H21F2NO3S. The molecule has 0 unspecified atom stereocenters. The summed E-state index contributed by atoms with van der Waals surface area (Å²) in [6.07, 6.45) is 6.94. The van der Waals surface area contributed by atoms with Crippen LogP contribution in [0.2, 0.25) is 0 Å². The average Bonchev–Trinajstić information content (AvgIpc) is 2.62. The maximum absolute atomic E-state index is 13.7. The smallest absolute Gasteiger partial charge is 0.175 e. The zero-order chi connectivity index (χ0) is 20.0. The predicted octanol–water partition coefficient (Wildman–Crippen LogP) is 4.22. The van der Waals surface area contributed by atoms with Crippen molar-refractivity contribution in [2.24, 2.45) is 0 Å². The summed E-state index contributed by atoms with van der Waals surface area (Å²) < 4.78 is 49.5. The van der Waals surface area contributed by atoms with Gasteiger partial charge < -0.3 is 5.11 Å². The minimum absolute atomic E-state index is 0.0124. The van der Waals surface area contributed by atoms with Crippen LogP contribution < -0.4 is 0 Å². The van der Waals surface area contributed by atoms with Crippen LogP contribution in [-0.4, -0.2) is 25.9 Å². The van der Waals surface area contributed by atoms with Crippen molar-refractivity contribution in [3.8, 4) is 17.2 Å². The third kappa shape index (κ3) is 5.84. The molecule has 0 radical (unpaired) electrons. The van der Waals surface area contributed by atoms with Gasteiger partial charge in [-0.05, 0) is 37.1 Å². The fourth-order valence-corrected chi connectivity index (χ4v) is 3.52. The number of rotatable bonds is 2. The van der Waals surface area contributed by atoms with Gasteiger partial charge >= 0.3 is 0 Å². The maximum atomic E-state index is 13.7. The van der Waals surface area contributed by atoms with Gasteiger partial charge in [0, 0.05) is 23.4 Å². The molecule has 7 heteroatoms. The van der Waals surface area contributed by atoms with Gasteiger partial charge in [-0.25, -0.2) is 17.2 Å². The Morgan fingerprint density at radius 2 is 1.67 bits per heavy atom. The average molecular weight is 393 g/mol. The number of hydrogen-bond acceptors (Lipinski definition) is 4. The SMILES string of the molecule is CS(=O)(=O)c1ccc(-c2ccc(F)cc2F)c(C#N)c1.OC1CCCCC1. The zero-order valence-corrected chi connectivity index (χ0v) is 15.8. The van der Waals surface area contributed by atoms with Crippen LogP contribution >= 0.6 is 0 Å². The number of hydrogen-bond donors (Lipinski definition) is 1. The Morgan fingerprint density at radius 3 is 2.15 bits per heavy atom. The van der Waals surface area contributed by atoms with Crippen LogP contribution in [0, 0.1) is 23.0 Å². The lowest BCUT2D eigenvalue weighted by Crippen LogP contribution is -2.09. The van der Waals surface area contributed by atoms with E-state index < -0.39 is 21.5 Å². The summed E-state index contributed by atoms with van der Waals surface area (Å²) in [6.45, 7) is 0. The highest BCUT2D eigenvalue weighted by Crippen LogP contribution is 2.28. The van der Waals surface area contributed by atoms with Gasteiger partial charge in [-0.3, -0.25) is 0 Å². The molecule has 2 aromatic carbocycles. The molecule has 1 aliphatic rings. The molecular weight excluding hydrogens is 372 g/mol. The normalized spacial score (nSPS) is 14.8. The number of aliphatic hydroxyl groups excluding tert-OH is 1. The third-order valence-corrected chi connectivity index (χ3v) is 5.45. The Balaban J connectivity index is 0.000000313. The number of aliphatic hydroxyl groups is 1. The predicted molar refractivity (Wildman–Crippen MR) is 98.7 cm³/mol. The van der Waals surface area contributed by atoms with Gasteiger partial charge in [0.05, 0.1) is 22.6 Å². The molecule has 0 bridgehead atoms. The van der Waals surface area contributed by atoms with Crippen LogP contribution in [0.1, 0.15) is 37.7 Å². The van der Waals surface area contributed by atoms with E-state index in [1.165, 1.54) is 43.5 Å². The molecule has 0 aromatic heterocycles. The first kappa shape index (κ1) is 21.0. The second kappa shape index (κ2) is 9.07. The van der Waals surface area contributed by atoms with Crippen molar-refractivity contribution in [3.05, 3.63) is 53.6 Å². The molecule has 2 aromatic rings. The fraction of sp³-hybridized carbons (Fsp3) is 0.350. The van der Waals surface area contributed by atoms with Crippen molar-refractivity contribution < 1.29 is 22.3 Å². The lowest BCUT2D eigenvalue weighted by atomic mass is 9.98. The van der Waals surface area contributed by atoms with Crippen LogP contribution in [0.25, 0.3) is 11.1 Å². The quantitative estimate of drug-likeness (QED) is 0.829. The lowest BCUT2D eigenvalue weighted by molar-refractivity contribution is 0.130. The van der Waals surface area contributed by atoms with Gasteiger partial charge in [0.15, 0.2) is 9.84 Å². The van der Waals surface area contributed by atoms with Crippen LogP contribution in [0.4, 0.5) is 8.78 Å². The third-order valence-electron chi connectivity index (χ3n) is 4.34. The molecule has 1 N–H and O–H groups in total. The van der Waals surface area contributed by atoms with Crippen molar-refractivity contribution in [3.63, 3.8) is 0 Å². The van der Waals surface area contributed by atoms with Gasteiger partial charge in [0.2, 0.25) is 0 Å². The van der Waals surface area contributed by atoms with Crippen LogP contribution in [0.5, 0.6) is 0 Å². The number of nitrogens with zero attached hydrogens (tertiary/aromatic N) is 1. The summed E-state index contributed by atoms with van der Waals surface area (Å²) in [4.78, 5) is -0.0275. The summed E-state index contributed by atoms with van der Waals surface area (Å²) in [5.74, 6) is -1.54. The monoisotopic (exact) mass is 393 g/mol. The highest BCUT2D eigenvalue weighted by Gasteiger charge is 2.15. The Bertz CT molecular complexity index is 946. The van der Waals surface area contributed by atoms with Crippen molar-refractivity contribution in [1.29, 1.82) is 5.26 Å². The molecule has 0 amide bonds. The van der Waals surface area contributed by atoms with Gasteiger partial charge in [0.25, 0.3) is 0 Å². The second-order valence-corrected chi connectivity index (χ2v) is 8.52. The van der Waals surface area contributed by atoms with Crippen LogP contribution in [-0.2, 0) is 9.84 Å². The van der Waals surface area contributed by atoms with Crippen molar-refractivity contribution >= 4 is 9.84 Å². The van der Waals surface area contributed by atoms with E-state index >= 15 is 0 Å².